The number of rotatable bonds is 5. The number of hydrogen-bond acceptors (Lipinski definition) is 4. The number of aromatic amines is 1. The molecule has 0 spiro atoms. The molecular formula is C24H20FN7. The van der Waals surface area contributed by atoms with Gasteiger partial charge in [-0.2, -0.15) is 5.26 Å². The SMILES string of the molecule is CN=C(NC#N)NCc1ccccc1-c1nc(-c2ccc(F)cc2)c(-c2ccncc2)[nH]1. The first kappa shape index (κ1) is 20.8. The summed E-state index contributed by atoms with van der Waals surface area (Å²) in [5.41, 5.74) is 5.13. The minimum absolute atomic E-state index is 0.300. The Morgan fingerprint density at radius 3 is 2.53 bits per heavy atom. The predicted molar refractivity (Wildman–Crippen MR) is 122 cm³/mol. The first-order chi connectivity index (χ1) is 15.7. The number of aliphatic imine (C=N–C) groups is 1. The zero-order valence-electron chi connectivity index (χ0n) is 17.3. The van der Waals surface area contributed by atoms with E-state index in [4.69, 9.17) is 10.2 Å². The van der Waals surface area contributed by atoms with E-state index in [1.807, 2.05) is 42.6 Å². The molecule has 32 heavy (non-hydrogen) atoms. The van der Waals surface area contributed by atoms with E-state index in [0.717, 1.165) is 33.6 Å². The van der Waals surface area contributed by atoms with Crippen LogP contribution in [-0.4, -0.2) is 28.0 Å². The summed E-state index contributed by atoms with van der Waals surface area (Å²) in [6.45, 7) is 0.439. The Morgan fingerprint density at radius 2 is 1.81 bits per heavy atom. The molecule has 0 radical (unpaired) electrons. The van der Waals surface area contributed by atoms with E-state index in [9.17, 15) is 4.39 Å². The van der Waals surface area contributed by atoms with Crippen molar-refractivity contribution in [1.82, 2.24) is 25.6 Å². The molecule has 4 rings (SSSR count). The van der Waals surface area contributed by atoms with Crippen LogP contribution in [-0.2, 0) is 6.54 Å². The van der Waals surface area contributed by atoms with Crippen LogP contribution >= 0.6 is 0 Å². The number of imidazole rings is 1. The van der Waals surface area contributed by atoms with Gasteiger partial charge in [0, 0.05) is 42.7 Å². The average molecular weight is 425 g/mol. The summed E-state index contributed by atoms with van der Waals surface area (Å²) in [5.74, 6) is 0.758. The second-order valence-electron chi connectivity index (χ2n) is 6.87. The molecule has 0 fully saturated rings. The van der Waals surface area contributed by atoms with Gasteiger partial charge in [0.05, 0.1) is 11.4 Å². The third kappa shape index (κ3) is 4.47. The van der Waals surface area contributed by atoms with E-state index in [2.05, 4.69) is 25.6 Å². The Bertz CT molecular complexity index is 1270. The number of nitrogens with one attached hydrogen (secondary N) is 3. The van der Waals surface area contributed by atoms with Gasteiger partial charge in [-0.1, -0.05) is 24.3 Å². The van der Waals surface area contributed by atoms with Crippen LogP contribution in [0.5, 0.6) is 0 Å². The molecule has 2 aromatic heterocycles. The maximum atomic E-state index is 13.5. The number of nitriles is 1. The molecule has 158 valence electrons. The summed E-state index contributed by atoms with van der Waals surface area (Å²) in [6, 6.07) is 17.9. The quantitative estimate of drug-likeness (QED) is 0.193. The van der Waals surface area contributed by atoms with E-state index in [0.29, 0.717) is 18.3 Å². The largest absolute Gasteiger partial charge is 0.351 e. The molecule has 2 aromatic carbocycles. The number of pyridine rings is 1. The second kappa shape index (κ2) is 9.53. The fourth-order valence-electron chi connectivity index (χ4n) is 3.36. The van der Waals surface area contributed by atoms with Crippen LogP contribution < -0.4 is 10.6 Å². The van der Waals surface area contributed by atoms with E-state index in [-0.39, 0.29) is 5.82 Å². The van der Waals surface area contributed by atoms with E-state index in [1.54, 1.807) is 31.6 Å². The van der Waals surface area contributed by atoms with Crippen LogP contribution in [0.4, 0.5) is 4.39 Å². The molecule has 4 aromatic rings. The summed E-state index contributed by atoms with van der Waals surface area (Å²) in [5, 5.41) is 14.5. The topological polar surface area (TPSA) is 102 Å². The highest BCUT2D eigenvalue weighted by Crippen LogP contribution is 2.33. The minimum atomic E-state index is -0.300. The van der Waals surface area contributed by atoms with Crippen LogP contribution in [0.25, 0.3) is 33.9 Å². The molecule has 0 aliphatic rings. The predicted octanol–water partition coefficient (Wildman–Crippen LogP) is 4.09. The molecule has 0 amide bonds. The lowest BCUT2D eigenvalue weighted by Crippen LogP contribution is -2.33. The van der Waals surface area contributed by atoms with Gasteiger partial charge in [0.1, 0.15) is 11.6 Å². The highest BCUT2D eigenvalue weighted by molar-refractivity contribution is 5.82. The Morgan fingerprint density at radius 1 is 1.06 bits per heavy atom. The molecule has 2 heterocycles. The lowest BCUT2D eigenvalue weighted by atomic mass is 10.1. The summed E-state index contributed by atoms with van der Waals surface area (Å²) in [4.78, 5) is 16.4. The first-order valence-electron chi connectivity index (χ1n) is 9.90. The van der Waals surface area contributed by atoms with Crippen molar-refractivity contribution >= 4 is 5.96 Å². The van der Waals surface area contributed by atoms with E-state index in [1.165, 1.54) is 12.1 Å². The molecule has 3 N–H and O–H groups in total. The lowest BCUT2D eigenvalue weighted by Gasteiger charge is -2.10. The highest BCUT2D eigenvalue weighted by Gasteiger charge is 2.17. The van der Waals surface area contributed by atoms with Crippen LogP contribution in [0.1, 0.15) is 5.56 Å². The third-order valence-electron chi connectivity index (χ3n) is 4.91. The van der Waals surface area contributed by atoms with Crippen molar-refractivity contribution in [2.45, 2.75) is 6.54 Å². The van der Waals surface area contributed by atoms with Gasteiger partial charge in [-0.3, -0.25) is 15.3 Å². The van der Waals surface area contributed by atoms with Crippen molar-refractivity contribution in [3.8, 4) is 40.1 Å². The number of halogens is 1. The number of guanidine groups is 1. The average Bonchev–Trinajstić information content (AvgIpc) is 3.28. The van der Waals surface area contributed by atoms with Gasteiger partial charge in [0.25, 0.3) is 0 Å². The van der Waals surface area contributed by atoms with Crippen LogP contribution in [0.3, 0.4) is 0 Å². The molecule has 0 aliphatic carbocycles. The van der Waals surface area contributed by atoms with Crippen LogP contribution in [0.15, 0.2) is 78.0 Å². The summed E-state index contributed by atoms with van der Waals surface area (Å²) in [6.07, 6.45) is 5.30. The maximum absolute atomic E-state index is 13.5. The van der Waals surface area contributed by atoms with E-state index >= 15 is 0 Å². The fraction of sp³-hybridized carbons (Fsp3) is 0.0833. The molecule has 7 nitrogen and oxygen atoms in total. The van der Waals surface area contributed by atoms with Gasteiger partial charge in [0.15, 0.2) is 6.19 Å². The molecule has 8 heteroatoms. The summed E-state index contributed by atoms with van der Waals surface area (Å²) in [7, 11) is 1.60. The van der Waals surface area contributed by atoms with Crippen molar-refractivity contribution < 1.29 is 4.39 Å². The van der Waals surface area contributed by atoms with Crippen molar-refractivity contribution in [3.05, 3.63) is 84.4 Å². The summed E-state index contributed by atoms with van der Waals surface area (Å²) < 4.78 is 13.5. The van der Waals surface area contributed by atoms with Gasteiger partial charge in [-0.25, -0.2) is 9.37 Å². The van der Waals surface area contributed by atoms with Gasteiger partial charge in [-0.05, 0) is 42.0 Å². The van der Waals surface area contributed by atoms with Crippen molar-refractivity contribution in [2.24, 2.45) is 4.99 Å². The number of nitrogens with zero attached hydrogens (tertiary/aromatic N) is 4. The van der Waals surface area contributed by atoms with Gasteiger partial charge in [0.2, 0.25) is 5.96 Å². The van der Waals surface area contributed by atoms with Crippen molar-refractivity contribution in [3.63, 3.8) is 0 Å². The molecule has 0 atom stereocenters. The maximum Gasteiger partial charge on any atom is 0.204 e. The summed E-state index contributed by atoms with van der Waals surface area (Å²) >= 11 is 0. The zero-order chi connectivity index (χ0) is 22.3. The van der Waals surface area contributed by atoms with E-state index < -0.39 is 0 Å². The number of benzene rings is 2. The molecular weight excluding hydrogens is 405 g/mol. The normalized spacial score (nSPS) is 11.1. The van der Waals surface area contributed by atoms with Crippen molar-refractivity contribution in [2.75, 3.05) is 7.05 Å². The van der Waals surface area contributed by atoms with Gasteiger partial charge in [-0.15, -0.1) is 0 Å². The Hall–Kier alpha value is -4.51. The number of hydrogen-bond donors (Lipinski definition) is 3. The van der Waals surface area contributed by atoms with Gasteiger partial charge >= 0.3 is 0 Å². The molecule has 0 saturated heterocycles. The molecule has 0 aliphatic heterocycles. The monoisotopic (exact) mass is 425 g/mol. The van der Waals surface area contributed by atoms with Crippen LogP contribution in [0.2, 0.25) is 0 Å². The number of aromatic nitrogens is 3. The minimum Gasteiger partial charge on any atom is -0.351 e. The van der Waals surface area contributed by atoms with Gasteiger partial charge < -0.3 is 10.3 Å². The molecule has 0 unspecified atom stereocenters. The fourth-order valence-corrected chi connectivity index (χ4v) is 3.36. The standard InChI is InChI=1S/C24H20FN7/c1-27-24(30-15-26)29-14-18-4-2-3-5-20(18)23-31-21(16-6-8-19(25)9-7-16)22(32-23)17-10-12-28-13-11-17/h2-13H,14H2,1H3,(H,31,32)(H2,27,29,30). The Balaban J connectivity index is 1.77. The smallest absolute Gasteiger partial charge is 0.204 e. The van der Waals surface area contributed by atoms with Crippen LogP contribution in [0, 0.1) is 17.3 Å². The lowest BCUT2D eigenvalue weighted by molar-refractivity contribution is 0.628. The third-order valence-corrected chi connectivity index (χ3v) is 4.91. The second-order valence-corrected chi connectivity index (χ2v) is 6.87. The van der Waals surface area contributed by atoms with Crippen molar-refractivity contribution in [1.29, 1.82) is 5.26 Å². The molecule has 0 saturated carbocycles. The Labute approximate surface area is 184 Å². The Kier molecular flexibility index (Phi) is 6.18. The molecule has 0 bridgehead atoms. The zero-order valence-corrected chi connectivity index (χ0v) is 17.3. The number of H-pyrrole nitrogens is 1. The first-order valence-corrected chi connectivity index (χ1v) is 9.90. The highest BCUT2D eigenvalue weighted by atomic mass is 19.1.